The molecular weight excluding hydrogens is 421 g/mol. The summed E-state index contributed by atoms with van der Waals surface area (Å²) in [6.45, 7) is 5.01. The van der Waals surface area contributed by atoms with Gasteiger partial charge < -0.3 is 9.88 Å². The van der Waals surface area contributed by atoms with E-state index >= 15 is 0 Å². The molecule has 0 spiro atoms. The molecule has 0 bridgehead atoms. The average molecular weight is 448 g/mol. The summed E-state index contributed by atoms with van der Waals surface area (Å²) in [4.78, 5) is 41.9. The number of hydrogen-bond acceptors (Lipinski definition) is 5. The summed E-state index contributed by atoms with van der Waals surface area (Å²) in [5.74, 6) is -0.133. The maximum Gasteiger partial charge on any atom is 0.257 e. The van der Waals surface area contributed by atoms with Gasteiger partial charge in [-0.05, 0) is 50.6 Å². The highest BCUT2D eigenvalue weighted by molar-refractivity contribution is 5.94. The summed E-state index contributed by atoms with van der Waals surface area (Å²) in [6, 6.07) is 12.0. The van der Waals surface area contributed by atoms with Crippen LogP contribution in [-0.4, -0.2) is 50.3 Å². The first-order valence-electron chi connectivity index (χ1n) is 11.3. The molecule has 2 aromatic heterocycles. The Morgan fingerprint density at radius 1 is 1.15 bits per heavy atom. The van der Waals surface area contributed by atoms with Gasteiger partial charge in [0, 0.05) is 36.8 Å². The summed E-state index contributed by atoms with van der Waals surface area (Å²) in [5, 5.41) is 0. The van der Waals surface area contributed by atoms with Crippen molar-refractivity contribution in [2.75, 3.05) is 19.6 Å². The summed E-state index contributed by atoms with van der Waals surface area (Å²) in [7, 11) is 0. The lowest BCUT2D eigenvalue weighted by atomic mass is 10.0. The number of hydrogen-bond donors (Lipinski definition) is 1. The van der Waals surface area contributed by atoms with Crippen molar-refractivity contribution in [1.29, 1.82) is 0 Å². The van der Waals surface area contributed by atoms with Crippen LogP contribution in [0.4, 0.5) is 4.39 Å². The van der Waals surface area contributed by atoms with Crippen molar-refractivity contribution in [1.82, 2.24) is 24.8 Å². The molecule has 8 heteroatoms. The zero-order valence-corrected chi connectivity index (χ0v) is 18.6. The molecule has 0 unspecified atom stereocenters. The number of aromatic nitrogens is 3. The lowest BCUT2D eigenvalue weighted by Gasteiger charge is -2.28. The van der Waals surface area contributed by atoms with Crippen LogP contribution in [0.2, 0.25) is 0 Å². The number of nitrogens with one attached hydrogen (secondary N) is 1. The monoisotopic (exact) mass is 447 g/mol. The van der Waals surface area contributed by atoms with E-state index in [1.54, 1.807) is 17.0 Å². The van der Waals surface area contributed by atoms with E-state index in [2.05, 4.69) is 14.9 Å². The Morgan fingerprint density at radius 2 is 2.00 bits per heavy atom. The van der Waals surface area contributed by atoms with Gasteiger partial charge in [0.05, 0.1) is 23.5 Å². The molecule has 3 aromatic rings. The topological polar surface area (TPSA) is 82.2 Å². The van der Waals surface area contributed by atoms with E-state index < -0.39 is 5.82 Å². The normalized spacial score (nSPS) is 18.4. The van der Waals surface area contributed by atoms with E-state index in [-0.39, 0.29) is 29.5 Å². The predicted molar refractivity (Wildman–Crippen MR) is 121 cm³/mol. The van der Waals surface area contributed by atoms with Crippen LogP contribution in [0, 0.1) is 12.7 Å². The van der Waals surface area contributed by atoms with Crippen LogP contribution in [-0.2, 0) is 19.5 Å². The number of H-pyrrole nitrogens is 1. The van der Waals surface area contributed by atoms with Crippen molar-refractivity contribution < 1.29 is 9.18 Å². The average Bonchev–Trinajstić information content (AvgIpc) is 3.27. The second-order valence-electron chi connectivity index (χ2n) is 8.82. The minimum absolute atomic E-state index is 0.0437. The third-order valence-electron chi connectivity index (χ3n) is 6.47. The molecule has 1 aromatic carbocycles. The Labute approximate surface area is 191 Å². The molecule has 4 heterocycles. The zero-order chi connectivity index (χ0) is 22.9. The van der Waals surface area contributed by atoms with Gasteiger partial charge in [0.2, 0.25) is 0 Å². The maximum absolute atomic E-state index is 14.1. The Bertz CT molecular complexity index is 1260. The number of carbonyl (C=O) groups excluding carboxylic acids is 1. The zero-order valence-electron chi connectivity index (χ0n) is 18.6. The second-order valence-corrected chi connectivity index (χ2v) is 8.82. The SMILES string of the molecule is Cc1cccc(CN2CC[C@@H](c3nc4c(c(=O)[nH]3)CCN(C(=O)c3ccccc3F)C4)C2)n1. The molecule has 5 rings (SSSR count). The van der Waals surface area contributed by atoms with Crippen molar-refractivity contribution in [3.8, 4) is 0 Å². The van der Waals surface area contributed by atoms with E-state index in [0.717, 1.165) is 37.4 Å². The van der Waals surface area contributed by atoms with Crippen LogP contribution in [0.5, 0.6) is 0 Å². The molecule has 1 atom stereocenters. The molecule has 1 fully saturated rings. The molecule has 2 aliphatic rings. The number of amides is 1. The molecule has 0 aliphatic carbocycles. The first-order valence-corrected chi connectivity index (χ1v) is 11.3. The maximum atomic E-state index is 14.1. The van der Waals surface area contributed by atoms with E-state index in [0.29, 0.717) is 30.0 Å². The number of rotatable bonds is 4. The van der Waals surface area contributed by atoms with Crippen LogP contribution >= 0.6 is 0 Å². The lowest BCUT2D eigenvalue weighted by Crippen LogP contribution is -2.40. The number of benzene rings is 1. The minimum atomic E-state index is -0.540. The summed E-state index contributed by atoms with van der Waals surface area (Å²) in [5.41, 5.74) is 3.18. The lowest BCUT2D eigenvalue weighted by molar-refractivity contribution is 0.0726. The minimum Gasteiger partial charge on any atom is -0.332 e. The van der Waals surface area contributed by atoms with Crippen LogP contribution < -0.4 is 5.56 Å². The number of nitrogens with zero attached hydrogens (tertiary/aromatic N) is 4. The molecule has 1 saturated heterocycles. The third kappa shape index (κ3) is 4.43. The summed E-state index contributed by atoms with van der Waals surface area (Å²) >= 11 is 0. The fourth-order valence-electron chi connectivity index (χ4n) is 4.75. The molecule has 2 aliphatic heterocycles. The highest BCUT2D eigenvalue weighted by Gasteiger charge is 2.30. The standard InChI is InChI=1S/C25H26FN5O2/c1-16-5-4-6-18(27-16)14-30-11-9-17(13-30)23-28-22-15-31(12-10-20(22)24(32)29-23)25(33)19-7-2-3-8-21(19)26/h2-8,17H,9-15H2,1H3,(H,28,29,32)/t17-/m1/s1. The van der Waals surface area contributed by atoms with Gasteiger partial charge in [-0.15, -0.1) is 0 Å². The third-order valence-corrected chi connectivity index (χ3v) is 6.47. The van der Waals surface area contributed by atoms with Gasteiger partial charge in [0.15, 0.2) is 0 Å². The van der Waals surface area contributed by atoms with Crippen LogP contribution in [0.15, 0.2) is 47.3 Å². The van der Waals surface area contributed by atoms with Gasteiger partial charge in [-0.2, -0.15) is 0 Å². The molecule has 33 heavy (non-hydrogen) atoms. The Kier molecular flexibility index (Phi) is 5.76. The van der Waals surface area contributed by atoms with Crippen molar-refractivity contribution in [3.05, 3.63) is 92.7 Å². The van der Waals surface area contributed by atoms with E-state index in [1.807, 2.05) is 25.1 Å². The predicted octanol–water partition coefficient (Wildman–Crippen LogP) is 2.80. The Morgan fingerprint density at radius 3 is 2.82 bits per heavy atom. The quantitative estimate of drug-likeness (QED) is 0.665. The van der Waals surface area contributed by atoms with Gasteiger partial charge in [-0.1, -0.05) is 18.2 Å². The Balaban J connectivity index is 1.32. The Hall–Kier alpha value is -3.39. The fraction of sp³-hybridized carbons (Fsp3) is 0.360. The molecule has 0 saturated carbocycles. The number of aryl methyl sites for hydroxylation is 1. The molecule has 170 valence electrons. The largest absolute Gasteiger partial charge is 0.332 e. The first-order chi connectivity index (χ1) is 16.0. The number of aromatic amines is 1. The number of fused-ring (bicyclic) bond motifs is 1. The van der Waals surface area contributed by atoms with Crippen molar-refractivity contribution in [2.24, 2.45) is 0 Å². The summed E-state index contributed by atoms with van der Waals surface area (Å²) < 4.78 is 14.1. The highest BCUT2D eigenvalue weighted by atomic mass is 19.1. The molecule has 0 radical (unpaired) electrons. The van der Waals surface area contributed by atoms with Crippen molar-refractivity contribution >= 4 is 5.91 Å². The smallest absolute Gasteiger partial charge is 0.257 e. The van der Waals surface area contributed by atoms with Gasteiger partial charge in [0.25, 0.3) is 11.5 Å². The van der Waals surface area contributed by atoms with Crippen LogP contribution in [0.3, 0.4) is 0 Å². The van der Waals surface area contributed by atoms with Gasteiger partial charge in [-0.3, -0.25) is 19.5 Å². The van der Waals surface area contributed by atoms with E-state index in [9.17, 15) is 14.0 Å². The highest BCUT2D eigenvalue weighted by Crippen LogP contribution is 2.27. The van der Waals surface area contributed by atoms with E-state index in [4.69, 9.17) is 4.98 Å². The van der Waals surface area contributed by atoms with Crippen LogP contribution in [0.25, 0.3) is 0 Å². The molecular formula is C25H26FN5O2. The number of pyridine rings is 1. The summed E-state index contributed by atoms with van der Waals surface area (Å²) in [6.07, 6.45) is 1.30. The second kappa shape index (κ2) is 8.86. The van der Waals surface area contributed by atoms with Gasteiger partial charge in [-0.25, -0.2) is 9.37 Å². The molecule has 1 amide bonds. The number of halogens is 1. The first kappa shape index (κ1) is 21.5. The molecule has 7 nitrogen and oxygen atoms in total. The van der Waals surface area contributed by atoms with Gasteiger partial charge >= 0.3 is 0 Å². The van der Waals surface area contributed by atoms with Crippen molar-refractivity contribution in [3.63, 3.8) is 0 Å². The van der Waals surface area contributed by atoms with Crippen molar-refractivity contribution in [2.45, 2.75) is 38.8 Å². The number of likely N-dealkylation sites (tertiary alicyclic amines) is 1. The fourth-order valence-corrected chi connectivity index (χ4v) is 4.75. The number of carbonyl (C=O) groups is 1. The van der Waals surface area contributed by atoms with Gasteiger partial charge in [0.1, 0.15) is 11.6 Å². The van der Waals surface area contributed by atoms with E-state index in [1.165, 1.54) is 12.1 Å². The molecule has 1 N–H and O–H groups in total. The van der Waals surface area contributed by atoms with Crippen LogP contribution in [0.1, 0.15) is 51.2 Å².